The summed E-state index contributed by atoms with van der Waals surface area (Å²) in [4.78, 5) is 12.3. The lowest BCUT2D eigenvalue weighted by Gasteiger charge is -2.13. The number of aryl methyl sites for hydroxylation is 3. The number of fused-ring (bicyclic) bond motifs is 1. The molecule has 2 aromatic rings. The molecule has 2 N–H and O–H groups in total. The smallest absolute Gasteiger partial charge is 0.254 e. The van der Waals surface area contributed by atoms with Crippen LogP contribution in [-0.4, -0.2) is 10.6 Å². The fourth-order valence-corrected chi connectivity index (χ4v) is 2.62. The van der Waals surface area contributed by atoms with E-state index < -0.39 is 0 Å². The molecule has 0 aliphatic rings. The van der Waals surface area contributed by atoms with E-state index in [9.17, 15) is 4.79 Å². The second kappa shape index (κ2) is 4.58. The highest BCUT2D eigenvalue weighted by atomic mass is 16.1. The Hall–Kier alpha value is -1.61. The van der Waals surface area contributed by atoms with Crippen LogP contribution in [0.1, 0.15) is 23.6 Å². The largest absolute Gasteiger partial charge is 0.328 e. The molecular weight excluding hydrogens is 224 g/mol. The van der Waals surface area contributed by atoms with Crippen LogP contribution in [0.4, 0.5) is 0 Å². The lowest BCUT2D eigenvalue weighted by molar-refractivity contribution is 0.722. The van der Waals surface area contributed by atoms with Crippen LogP contribution in [0.15, 0.2) is 23.0 Å². The highest BCUT2D eigenvalue weighted by Gasteiger charge is 2.10. The predicted octanol–water partition coefficient (Wildman–Crippen LogP) is 2.05. The van der Waals surface area contributed by atoms with Gasteiger partial charge in [0.25, 0.3) is 5.56 Å². The molecule has 0 aliphatic carbocycles. The van der Waals surface area contributed by atoms with Crippen molar-refractivity contribution < 1.29 is 0 Å². The molecule has 0 bridgehead atoms. The molecule has 2 rings (SSSR count). The van der Waals surface area contributed by atoms with Gasteiger partial charge in [-0.05, 0) is 50.3 Å². The van der Waals surface area contributed by atoms with Gasteiger partial charge < -0.3 is 10.3 Å². The van der Waals surface area contributed by atoms with Crippen molar-refractivity contribution in [3.05, 3.63) is 45.2 Å². The molecule has 0 spiro atoms. The minimum absolute atomic E-state index is 0.000978. The molecule has 0 fully saturated rings. The standard InChI is InChI=1S/C15H20N2O/c1-9-5-10(2)14-12(6-9)8-13(7-11(3)16)15(18)17(14)4/h5-6,8,11H,7,16H2,1-4H3. The molecule has 0 radical (unpaired) electrons. The lowest BCUT2D eigenvalue weighted by atomic mass is 10.0. The zero-order chi connectivity index (χ0) is 13.4. The third-order valence-electron chi connectivity index (χ3n) is 3.26. The number of hydrogen-bond donors (Lipinski definition) is 1. The minimum Gasteiger partial charge on any atom is -0.328 e. The van der Waals surface area contributed by atoms with E-state index in [1.54, 1.807) is 4.57 Å². The van der Waals surface area contributed by atoms with E-state index in [1.807, 2.05) is 27.0 Å². The van der Waals surface area contributed by atoms with E-state index in [4.69, 9.17) is 5.73 Å². The van der Waals surface area contributed by atoms with Gasteiger partial charge in [-0.3, -0.25) is 4.79 Å². The average Bonchev–Trinajstić information content (AvgIpc) is 2.23. The molecule has 96 valence electrons. The third kappa shape index (κ3) is 2.18. The van der Waals surface area contributed by atoms with Crippen LogP contribution in [0.25, 0.3) is 10.9 Å². The number of hydrogen-bond acceptors (Lipinski definition) is 2. The number of benzene rings is 1. The van der Waals surface area contributed by atoms with Gasteiger partial charge in [0, 0.05) is 18.7 Å². The van der Waals surface area contributed by atoms with E-state index in [0.29, 0.717) is 6.42 Å². The van der Waals surface area contributed by atoms with Crippen molar-refractivity contribution in [2.45, 2.75) is 33.2 Å². The fourth-order valence-electron chi connectivity index (χ4n) is 2.62. The topological polar surface area (TPSA) is 48.0 Å². The van der Waals surface area contributed by atoms with Crippen LogP contribution in [0, 0.1) is 13.8 Å². The number of pyridine rings is 1. The van der Waals surface area contributed by atoms with Crippen LogP contribution in [-0.2, 0) is 13.5 Å². The van der Waals surface area contributed by atoms with E-state index in [2.05, 4.69) is 19.1 Å². The molecule has 3 nitrogen and oxygen atoms in total. The number of aromatic nitrogens is 1. The second-order valence-electron chi connectivity index (χ2n) is 5.23. The zero-order valence-electron chi connectivity index (χ0n) is 11.4. The Bertz CT molecular complexity index is 654. The molecule has 1 aromatic heterocycles. The van der Waals surface area contributed by atoms with E-state index in [-0.39, 0.29) is 11.6 Å². The van der Waals surface area contributed by atoms with Gasteiger partial charge in [-0.25, -0.2) is 0 Å². The normalized spacial score (nSPS) is 12.9. The maximum absolute atomic E-state index is 12.3. The Morgan fingerprint density at radius 3 is 2.56 bits per heavy atom. The van der Waals surface area contributed by atoms with Crippen molar-refractivity contribution >= 4 is 10.9 Å². The van der Waals surface area contributed by atoms with Crippen molar-refractivity contribution in [1.29, 1.82) is 0 Å². The van der Waals surface area contributed by atoms with Gasteiger partial charge in [0.2, 0.25) is 0 Å². The Morgan fingerprint density at radius 1 is 1.28 bits per heavy atom. The first-order valence-corrected chi connectivity index (χ1v) is 6.25. The van der Waals surface area contributed by atoms with Gasteiger partial charge in [-0.15, -0.1) is 0 Å². The summed E-state index contributed by atoms with van der Waals surface area (Å²) in [5, 5.41) is 1.12. The first-order valence-electron chi connectivity index (χ1n) is 6.25. The van der Waals surface area contributed by atoms with Gasteiger partial charge in [0.1, 0.15) is 0 Å². The van der Waals surface area contributed by atoms with Gasteiger partial charge in [0.15, 0.2) is 0 Å². The van der Waals surface area contributed by atoms with Crippen molar-refractivity contribution in [3.8, 4) is 0 Å². The van der Waals surface area contributed by atoms with Crippen LogP contribution in [0.5, 0.6) is 0 Å². The quantitative estimate of drug-likeness (QED) is 0.879. The van der Waals surface area contributed by atoms with Crippen LogP contribution in [0.2, 0.25) is 0 Å². The van der Waals surface area contributed by atoms with E-state index in [0.717, 1.165) is 22.0 Å². The predicted molar refractivity (Wildman–Crippen MR) is 76.0 cm³/mol. The fraction of sp³-hybridized carbons (Fsp3) is 0.400. The molecular formula is C15H20N2O. The summed E-state index contributed by atoms with van der Waals surface area (Å²) in [6.45, 7) is 6.04. The summed E-state index contributed by atoms with van der Waals surface area (Å²) < 4.78 is 1.74. The number of nitrogens with zero attached hydrogens (tertiary/aromatic N) is 1. The molecule has 1 atom stereocenters. The maximum atomic E-state index is 12.3. The van der Waals surface area contributed by atoms with Gasteiger partial charge in [0.05, 0.1) is 5.52 Å². The molecule has 3 heteroatoms. The summed E-state index contributed by atoms with van der Waals surface area (Å²) in [5.74, 6) is 0. The van der Waals surface area contributed by atoms with Crippen molar-refractivity contribution in [2.24, 2.45) is 12.8 Å². The third-order valence-corrected chi connectivity index (χ3v) is 3.26. The first kappa shape index (κ1) is 12.8. The molecule has 18 heavy (non-hydrogen) atoms. The molecule has 0 amide bonds. The van der Waals surface area contributed by atoms with Gasteiger partial charge >= 0.3 is 0 Å². The van der Waals surface area contributed by atoms with Crippen molar-refractivity contribution in [1.82, 2.24) is 4.57 Å². The van der Waals surface area contributed by atoms with Crippen LogP contribution < -0.4 is 11.3 Å². The highest BCUT2D eigenvalue weighted by molar-refractivity contribution is 5.83. The minimum atomic E-state index is 0.000978. The van der Waals surface area contributed by atoms with Crippen LogP contribution >= 0.6 is 0 Å². The summed E-state index contributed by atoms with van der Waals surface area (Å²) >= 11 is 0. The summed E-state index contributed by atoms with van der Waals surface area (Å²) in [7, 11) is 1.83. The molecule has 0 aliphatic heterocycles. The molecule has 1 unspecified atom stereocenters. The Balaban J connectivity index is 2.79. The second-order valence-corrected chi connectivity index (χ2v) is 5.23. The Kier molecular flexibility index (Phi) is 3.26. The summed E-state index contributed by atoms with van der Waals surface area (Å²) in [6.07, 6.45) is 0.621. The van der Waals surface area contributed by atoms with Gasteiger partial charge in [-0.2, -0.15) is 0 Å². The maximum Gasteiger partial charge on any atom is 0.254 e. The summed E-state index contributed by atoms with van der Waals surface area (Å²) in [6, 6.07) is 6.21. The molecule has 1 heterocycles. The monoisotopic (exact) mass is 244 g/mol. The van der Waals surface area contributed by atoms with Gasteiger partial charge in [-0.1, -0.05) is 11.6 Å². The van der Waals surface area contributed by atoms with E-state index in [1.165, 1.54) is 5.56 Å². The number of rotatable bonds is 2. The first-order chi connectivity index (χ1) is 8.40. The lowest BCUT2D eigenvalue weighted by Crippen LogP contribution is -2.27. The van der Waals surface area contributed by atoms with Crippen molar-refractivity contribution in [2.75, 3.05) is 0 Å². The molecule has 0 saturated carbocycles. The Morgan fingerprint density at radius 2 is 1.94 bits per heavy atom. The summed E-state index contributed by atoms with van der Waals surface area (Å²) in [5.41, 5.74) is 10.0. The number of nitrogens with two attached hydrogens (primary N) is 1. The Labute approximate surface area is 107 Å². The highest BCUT2D eigenvalue weighted by Crippen LogP contribution is 2.20. The van der Waals surface area contributed by atoms with Crippen LogP contribution in [0.3, 0.4) is 0 Å². The average molecular weight is 244 g/mol. The SMILES string of the molecule is Cc1cc(C)c2c(c1)cc(CC(C)N)c(=O)n2C. The van der Waals surface area contributed by atoms with E-state index >= 15 is 0 Å². The zero-order valence-corrected chi connectivity index (χ0v) is 11.4. The molecule has 1 aromatic carbocycles. The van der Waals surface area contributed by atoms with Crippen molar-refractivity contribution in [3.63, 3.8) is 0 Å². The molecule has 0 saturated heterocycles.